The minimum atomic E-state index is 0.435. The molecule has 3 N–H and O–H groups in total. The molecule has 5 heterocycles. The van der Waals surface area contributed by atoms with Gasteiger partial charge in [-0.1, -0.05) is 31.9 Å². The maximum Gasteiger partial charge on any atom is 0.224 e. The van der Waals surface area contributed by atoms with Crippen LogP contribution in [0.5, 0.6) is 0 Å². The maximum absolute atomic E-state index is 4.70. The van der Waals surface area contributed by atoms with Gasteiger partial charge >= 0.3 is 0 Å². The lowest BCUT2D eigenvalue weighted by Gasteiger charge is -2.29. The predicted molar refractivity (Wildman–Crippen MR) is 148 cm³/mol. The van der Waals surface area contributed by atoms with E-state index in [1.165, 1.54) is 32.1 Å². The molecule has 0 aromatic carbocycles. The molecule has 4 aromatic heterocycles. The van der Waals surface area contributed by atoms with E-state index in [2.05, 4.69) is 63.4 Å². The van der Waals surface area contributed by atoms with Gasteiger partial charge in [-0.3, -0.25) is 0 Å². The van der Waals surface area contributed by atoms with Crippen molar-refractivity contribution in [2.75, 3.05) is 32.5 Å². The Morgan fingerprint density at radius 3 is 2.61 bits per heavy atom. The Hall–Kier alpha value is -3.23. The molecule has 190 valence electrons. The number of hydrogen-bond acceptors (Lipinski definition) is 6. The van der Waals surface area contributed by atoms with Gasteiger partial charge in [0.2, 0.25) is 5.95 Å². The van der Waals surface area contributed by atoms with Gasteiger partial charge in [-0.25, -0.2) is 9.50 Å². The number of aromatic amines is 1. The zero-order valence-corrected chi connectivity index (χ0v) is 21.5. The molecule has 0 amide bonds. The second kappa shape index (κ2) is 11.2. The molecule has 0 atom stereocenters. The van der Waals surface area contributed by atoms with Gasteiger partial charge in [0, 0.05) is 47.2 Å². The average molecular weight is 487 g/mol. The lowest BCUT2D eigenvalue weighted by atomic mass is 9.96. The number of likely N-dealkylation sites (tertiary alicyclic amines) is 1. The quantitative estimate of drug-likeness (QED) is 0.370. The molecule has 1 aliphatic heterocycles. The van der Waals surface area contributed by atoms with Gasteiger partial charge in [-0.2, -0.15) is 10.1 Å². The standard InChI is InChI=1S/C21H23N7.C7H15N/c1-3-14-11-24-28-9-4-15(10-19(14)28)17-12-22-20-18(17)13-23-21(26-20)25-16-5-7-27(2)8-6-16;1-8-7-5-3-2-4-6-7/h3-4,9-13,16H,1,5-8H2,2H3,(H2,22,23,25,26);7-8H,2-6H2,1H3. The summed E-state index contributed by atoms with van der Waals surface area (Å²) in [6, 6.07) is 5.45. The van der Waals surface area contributed by atoms with Crippen LogP contribution in [0.1, 0.15) is 50.5 Å². The molecular formula is C28H38N8. The Balaban J connectivity index is 0.000000286. The molecule has 0 spiro atoms. The fourth-order valence-corrected chi connectivity index (χ4v) is 5.27. The number of nitrogens with zero attached hydrogens (tertiary/aromatic N) is 5. The Kier molecular flexibility index (Phi) is 7.63. The van der Waals surface area contributed by atoms with Crippen LogP contribution in [0.2, 0.25) is 0 Å². The molecule has 8 nitrogen and oxygen atoms in total. The number of aromatic nitrogens is 5. The maximum atomic E-state index is 4.70. The molecule has 1 saturated carbocycles. The summed E-state index contributed by atoms with van der Waals surface area (Å²) in [5.41, 5.74) is 5.07. The van der Waals surface area contributed by atoms with Crippen molar-refractivity contribution in [2.45, 2.75) is 57.0 Å². The fourth-order valence-electron chi connectivity index (χ4n) is 5.27. The summed E-state index contributed by atoms with van der Waals surface area (Å²) < 4.78 is 1.86. The second-order valence-electron chi connectivity index (χ2n) is 10.1. The summed E-state index contributed by atoms with van der Waals surface area (Å²) in [5, 5.41) is 12.2. The number of piperidine rings is 1. The number of pyridine rings is 1. The van der Waals surface area contributed by atoms with E-state index < -0.39 is 0 Å². The summed E-state index contributed by atoms with van der Waals surface area (Å²) in [4.78, 5) is 14.9. The van der Waals surface area contributed by atoms with Gasteiger partial charge in [0.25, 0.3) is 0 Å². The second-order valence-corrected chi connectivity index (χ2v) is 10.1. The number of anilines is 1. The minimum Gasteiger partial charge on any atom is -0.351 e. The molecule has 0 radical (unpaired) electrons. The van der Waals surface area contributed by atoms with Gasteiger partial charge in [0.1, 0.15) is 5.65 Å². The van der Waals surface area contributed by atoms with E-state index in [-0.39, 0.29) is 0 Å². The van der Waals surface area contributed by atoms with Crippen LogP contribution in [0, 0.1) is 0 Å². The van der Waals surface area contributed by atoms with Gasteiger partial charge in [0.15, 0.2) is 0 Å². The normalized spacial score (nSPS) is 17.7. The Bertz CT molecular complexity index is 1290. The summed E-state index contributed by atoms with van der Waals surface area (Å²) in [5.74, 6) is 0.690. The van der Waals surface area contributed by atoms with Gasteiger partial charge < -0.3 is 20.5 Å². The van der Waals surface area contributed by atoms with Crippen LogP contribution in [0.15, 0.2) is 43.5 Å². The summed E-state index contributed by atoms with van der Waals surface area (Å²) in [6.45, 7) is 6.08. The smallest absolute Gasteiger partial charge is 0.224 e. The van der Waals surface area contributed by atoms with Crippen LogP contribution >= 0.6 is 0 Å². The van der Waals surface area contributed by atoms with Crippen LogP contribution in [-0.4, -0.2) is 68.7 Å². The highest BCUT2D eigenvalue weighted by molar-refractivity contribution is 5.94. The average Bonchev–Trinajstić information content (AvgIpc) is 3.54. The molecule has 4 aromatic rings. The number of H-pyrrole nitrogens is 1. The summed E-state index contributed by atoms with van der Waals surface area (Å²) >= 11 is 0. The monoisotopic (exact) mass is 486 g/mol. The largest absolute Gasteiger partial charge is 0.351 e. The first-order valence-electron chi connectivity index (χ1n) is 13.2. The van der Waals surface area contributed by atoms with Gasteiger partial charge in [0.05, 0.1) is 11.7 Å². The van der Waals surface area contributed by atoms with Crippen molar-refractivity contribution in [1.29, 1.82) is 0 Å². The lowest BCUT2D eigenvalue weighted by molar-refractivity contribution is 0.263. The van der Waals surface area contributed by atoms with Crippen LogP contribution in [-0.2, 0) is 0 Å². The van der Waals surface area contributed by atoms with E-state index in [9.17, 15) is 0 Å². The van der Waals surface area contributed by atoms with E-state index in [4.69, 9.17) is 4.98 Å². The highest BCUT2D eigenvalue weighted by Crippen LogP contribution is 2.29. The van der Waals surface area contributed by atoms with Crippen molar-refractivity contribution < 1.29 is 0 Å². The SMILES string of the molecule is C=Cc1cnn2ccc(-c3c[nH]c4nc(NC5CCN(C)CC5)ncc34)cc12.CNC1CCCCC1. The molecule has 0 bridgehead atoms. The third-order valence-electron chi connectivity index (χ3n) is 7.58. The van der Waals surface area contributed by atoms with Crippen molar-refractivity contribution in [3.8, 4) is 11.1 Å². The summed E-state index contributed by atoms with van der Waals surface area (Å²) in [7, 11) is 4.23. The molecule has 2 fully saturated rings. The van der Waals surface area contributed by atoms with Crippen molar-refractivity contribution in [3.05, 3.63) is 49.1 Å². The molecule has 36 heavy (non-hydrogen) atoms. The third kappa shape index (κ3) is 5.44. The first kappa shape index (κ1) is 24.5. The molecule has 0 unspecified atom stereocenters. The first-order chi connectivity index (χ1) is 17.6. The van der Waals surface area contributed by atoms with Crippen LogP contribution < -0.4 is 10.6 Å². The highest BCUT2D eigenvalue weighted by atomic mass is 15.2. The lowest BCUT2D eigenvalue weighted by Crippen LogP contribution is -2.37. The fraction of sp³-hybridized carbons (Fsp3) is 0.464. The van der Waals surface area contributed by atoms with Gasteiger partial charge in [-0.15, -0.1) is 0 Å². The van der Waals surface area contributed by atoms with Crippen molar-refractivity contribution in [2.24, 2.45) is 0 Å². The summed E-state index contributed by atoms with van der Waals surface area (Å²) in [6.07, 6.45) is 18.9. The van der Waals surface area contributed by atoms with E-state index in [0.717, 1.165) is 65.2 Å². The molecule has 8 heteroatoms. The van der Waals surface area contributed by atoms with Crippen LogP contribution in [0.3, 0.4) is 0 Å². The van der Waals surface area contributed by atoms with Gasteiger partial charge in [-0.05, 0) is 70.6 Å². The van der Waals surface area contributed by atoms with Crippen molar-refractivity contribution >= 4 is 28.6 Å². The zero-order valence-electron chi connectivity index (χ0n) is 21.5. The molecule has 1 saturated heterocycles. The number of fused-ring (bicyclic) bond motifs is 2. The molecule has 6 rings (SSSR count). The number of rotatable bonds is 5. The van der Waals surface area contributed by atoms with E-state index >= 15 is 0 Å². The number of nitrogens with one attached hydrogen (secondary N) is 3. The van der Waals surface area contributed by atoms with Crippen molar-refractivity contribution in [1.82, 2.24) is 34.8 Å². The van der Waals surface area contributed by atoms with Crippen LogP contribution in [0.25, 0.3) is 33.8 Å². The molecule has 1 aliphatic carbocycles. The van der Waals surface area contributed by atoms with E-state index in [1.807, 2.05) is 35.4 Å². The number of hydrogen-bond donors (Lipinski definition) is 3. The minimum absolute atomic E-state index is 0.435. The van der Waals surface area contributed by atoms with Crippen LogP contribution in [0.4, 0.5) is 5.95 Å². The topological polar surface area (TPSA) is 86.2 Å². The molecule has 2 aliphatic rings. The predicted octanol–water partition coefficient (Wildman–Crippen LogP) is 4.96. The Morgan fingerprint density at radius 1 is 1.08 bits per heavy atom. The first-order valence-corrected chi connectivity index (χ1v) is 13.2. The highest BCUT2D eigenvalue weighted by Gasteiger charge is 2.18. The van der Waals surface area contributed by atoms with E-state index in [0.29, 0.717) is 12.0 Å². The molecular weight excluding hydrogens is 448 g/mol. The Morgan fingerprint density at radius 2 is 1.89 bits per heavy atom. The third-order valence-corrected chi connectivity index (χ3v) is 7.58. The van der Waals surface area contributed by atoms with E-state index in [1.54, 1.807) is 0 Å². The zero-order chi connectivity index (χ0) is 24.9. The Labute approximate surface area is 213 Å². The van der Waals surface area contributed by atoms with Crippen molar-refractivity contribution in [3.63, 3.8) is 0 Å².